The van der Waals surface area contributed by atoms with Crippen LogP contribution in [0.2, 0.25) is 0 Å². The molecule has 0 bridgehead atoms. The zero-order valence-corrected chi connectivity index (χ0v) is 30.5. The first-order valence-electron chi connectivity index (χ1n) is 16.0. The van der Waals surface area contributed by atoms with Crippen molar-refractivity contribution in [3.8, 4) is 17.4 Å². The van der Waals surface area contributed by atoms with Crippen LogP contribution in [0, 0.1) is 17.2 Å². The van der Waals surface area contributed by atoms with Crippen molar-refractivity contribution < 1.29 is 18.8 Å². The first kappa shape index (κ1) is 35.0. The van der Waals surface area contributed by atoms with Gasteiger partial charge in [0.2, 0.25) is 5.91 Å². The second-order valence-corrected chi connectivity index (χ2v) is 15.4. The number of benzene rings is 3. The van der Waals surface area contributed by atoms with E-state index in [1.165, 1.54) is 34.1 Å². The Labute approximate surface area is 307 Å². The Morgan fingerprint density at radius 2 is 1.74 bits per heavy atom. The molecule has 2 unspecified atom stereocenters. The van der Waals surface area contributed by atoms with Gasteiger partial charge < -0.3 is 20.4 Å². The average Bonchev–Trinajstić information content (AvgIpc) is 3.73. The molecule has 8 nitrogen and oxygen atoms in total. The van der Waals surface area contributed by atoms with Crippen molar-refractivity contribution in [1.29, 1.82) is 5.26 Å². The van der Waals surface area contributed by atoms with Crippen LogP contribution in [0.4, 0.5) is 10.7 Å². The smallest absolute Gasteiger partial charge is 0.272 e. The lowest BCUT2D eigenvalue weighted by atomic mass is 9.89. The van der Waals surface area contributed by atoms with Gasteiger partial charge in [0.15, 0.2) is 0 Å². The number of nitriles is 1. The second-order valence-electron chi connectivity index (χ2n) is 12.0. The summed E-state index contributed by atoms with van der Waals surface area (Å²) in [7, 11) is 0. The zero-order valence-electron chi connectivity index (χ0n) is 27.3. The Morgan fingerprint density at radius 3 is 2.46 bits per heavy atom. The highest BCUT2D eigenvalue weighted by Gasteiger charge is 2.26. The van der Waals surface area contributed by atoms with E-state index in [1.807, 2.05) is 49.4 Å². The molecule has 1 aliphatic carbocycles. The molecule has 0 saturated heterocycles. The number of nitrogens with one attached hydrogen (secondary N) is 3. The van der Waals surface area contributed by atoms with E-state index in [1.54, 1.807) is 48.5 Å². The van der Waals surface area contributed by atoms with E-state index in [0.29, 0.717) is 39.3 Å². The summed E-state index contributed by atoms with van der Waals surface area (Å²) in [5.74, 6) is 0.417. The van der Waals surface area contributed by atoms with Crippen molar-refractivity contribution in [2.75, 3.05) is 10.6 Å². The highest BCUT2D eigenvalue weighted by molar-refractivity contribution is 9.10. The number of carbonyl (C=O) groups excluding carboxylic acids is 3. The molecule has 5 aromatic rings. The number of rotatable bonds is 10. The van der Waals surface area contributed by atoms with Crippen molar-refractivity contribution in [3.05, 3.63) is 128 Å². The molecule has 3 aromatic carbocycles. The molecule has 11 heteroatoms. The topological polar surface area (TPSA) is 124 Å². The van der Waals surface area contributed by atoms with Gasteiger partial charge in [0.05, 0.1) is 10.8 Å². The summed E-state index contributed by atoms with van der Waals surface area (Å²) in [6.07, 6.45) is 4.34. The van der Waals surface area contributed by atoms with Crippen molar-refractivity contribution in [1.82, 2.24) is 5.32 Å². The lowest BCUT2D eigenvalue weighted by Crippen LogP contribution is -2.30. The molecule has 252 valence electrons. The van der Waals surface area contributed by atoms with Gasteiger partial charge in [0.1, 0.15) is 28.3 Å². The van der Waals surface area contributed by atoms with Crippen LogP contribution < -0.4 is 16.0 Å². The molecular weight excluding hydrogens is 732 g/mol. The summed E-state index contributed by atoms with van der Waals surface area (Å²) in [5, 5.41) is 18.6. The Balaban J connectivity index is 1.13. The maximum absolute atomic E-state index is 13.5. The highest BCUT2D eigenvalue weighted by atomic mass is 79.9. The summed E-state index contributed by atoms with van der Waals surface area (Å²) in [6.45, 7) is 4.03. The molecule has 2 heterocycles. The lowest BCUT2D eigenvalue weighted by molar-refractivity contribution is -0.115. The van der Waals surface area contributed by atoms with Gasteiger partial charge in [-0.2, -0.15) is 5.26 Å². The van der Waals surface area contributed by atoms with Crippen LogP contribution in [0.15, 0.2) is 110 Å². The van der Waals surface area contributed by atoms with Gasteiger partial charge in [-0.3, -0.25) is 14.4 Å². The van der Waals surface area contributed by atoms with Gasteiger partial charge in [-0.25, -0.2) is 0 Å². The molecule has 0 saturated carbocycles. The van der Waals surface area contributed by atoms with Gasteiger partial charge in [0.25, 0.3) is 11.8 Å². The minimum atomic E-state index is -0.537. The quantitative estimate of drug-likeness (QED) is 0.0962. The number of hydrogen-bond acceptors (Lipinski definition) is 7. The van der Waals surface area contributed by atoms with Crippen LogP contribution >= 0.6 is 39.0 Å². The van der Waals surface area contributed by atoms with Gasteiger partial charge in [-0.15, -0.1) is 23.1 Å². The van der Waals surface area contributed by atoms with Crippen molar-refractivity contribution in [3.63, 3.8) is 0 Å². The van der Waals surface area contributed by atoms with Gasteiger partial charge in [-0.1, -0.05) is 53.2 Å². The van der Waals surface area contributed by atoms with Gasteiger partial charge in [-0.05, 0) is 98.3 Å². The largest absolute Gasteiger partial charge is 0.457 e. The number of fused-ring (bicyclic) bond motifs is 1. The maximum atomic E-state index is 13.5. The molecule has 6 rings (SSSR count). The van der Waals surface area contributed by atoms with Crippen molar-refractivity contribution >= 4 is 73.5 Å². The van der Waals surface area contributed by atoms with Crippen LogP contribution in [0.25, 0.3) is 17.4 Å². The molecule has 3 N–H and O–H groups in total. The number of anilines is 2. The number of thiophene rings is 1. The molecule has 0 spiro atoms. The monoisotopic (exact) mass is 764 g/mol. The third kappa shape index (κ3) is 8.45. The summed E-state index contributed by atoms with van der Waals surface area (Å²) in [5.41, 5.74) is 3.44. The third-order valence-corrected chi connectivity index (χ3v) is 11.0. The minimum absolute atomic E-state index is 0.000701. The van der Waals surface area contributed by atoms with E-state index in [0.717, 1.165) is 39.8 Å². The third-order valence-electron chi connectivity index (χ3n) is 8.23. The summed E-state index contributed by atoms with van der Waals surface area (Å²) in [4.78, 5) is 41.8. The number of carbonyl (C=O) groups is 3. The van der Waals surface area contributed by atoms with Crippen molar-refractivity contribution in [2.24, 2.45) is 5.92 Å². The second kappa shape index (κ2) is 15.8. The number of furan rings is 1. The zero-order chi connectivity index (χ0) is 35.2. The number of hydrogen-bond donors (Lipinski definition) is 3. The Kier molecular flexibility index (Phi) is 11.0. The van der Waals surface area contributed by atoms with E-state index in [9.17, 15) is 19.6 Å². The summed E-state index contributed by atoms with van der Waals surface area (Å²) >= 11 is 6.32. The van der Waals surface area contributed by atoms with E-state index in [-0.39, 0.29) is 11.6 Å². The standard InChI is InChI=1S/C39H33BrN4O4S2/c1-23-8-18-31-32(22-41)39(50-35(31)20-23)44-36(45)24(2)49-30-16-13-28(14-17-30)42-38(47)33(43-37(46)26-6-4-3-5-7-26)21-29-15-19-34(48-29)25-9-11-27(40)12-10-25/h3-7,9-17,19,21,23-24H,8,18,20H2,1-2H3,(H,42,47)(H,43,46)(H,44,45). The van der Waals surface area contributed by atoms with E-state index < -0.39 is 17.1 Å². The first-order chi connectivity index (χ1) is 24.2. The van der Waals surface area contributed by atoms with Crippen LogP contribution in [0.3, 0.4) is 0 Å². The van der Waals surface area contributed by atoms with E-state index >= 15 is 0 Å². The van der Waals surface area contributed by atoms with E-state index in [2.05, 4.69) is 44.9 Å². The molecule has 0 fully saturated rings. The predicted molar refractivity (Wildman–Crippen MR) is 203 cm³/mol. The number of thioether (sulfide) groups is 1. The van der Waals surface area contributed by atoms with Crippen molar-refractivity contribution in [2.45, 2.75) is 43.3 Å². The van der Waals surface area contributed by atoms with Crippen LogP contribution in [-0.2, 0) is 22.4 Å². The fourth-order valence-corrected chi connectivity index (χ4v) is 8.02. The van der Waals surface area contributed by atoms with E-state index in [4.69, 9.17) is 4.42 Å². The minimum Gasteiger partial charge on any atom is -0.457 e. The van der Waals surface area contributed by atoms with Crippen LogP contribution in [0.5, 0.6) is 0 Å². The molecule has 1 aliphatic rings. The Morgan fingerprint density at radius 1 is 1.00 bits per heavy atom. The molecule has 0 radical (unpaired) electrons. The molecular formula is C39H33BrN4O4S2. The van der Waals surface area contributed by atoms with Crippen LogP contribution in [-0.4, -0.2) is 23.0 Å². The molecule has 0 aliphatic heterocycles. The summed E-state index contributed by atoms with van der Waals surface area (Å²) in [6, 6.07) is 29.2. The molecule has 2 atom stereocenters. The van der Waals surface area contributed by atoms with Crippen LogP contribution in [0.1, 0.15) is 52.4 Å². The molecule has 2 aromatic heterocycles. The number of nitrogens with zero attached hydrogens (tertiary/aromatic N) is 1. The Bertz CT molecular complexity index is 2100. The fraction of sp³-hybridized carbons (Fsp3) is 0.179. The lowest BCUT2D eigenvalue weighted by Gasteiger charge is -2.17. The highest BCUT2D eigenvalue weighted by Crippen LogP contribution is 2.39. The molecule has 50 heavy (non-hydrogen) atoms. The predicted octanol–water partition coefficient (Wildman–Crippen LogP) is 9.30. The first-order valence-corrected chi connectivity index (χ1v) is 18.5. The number of halogens is 1. The average molecular weight is 766 g/mol. The van der Waals surface area contributed by atoms with Gasteiger partial charge in [0, 0.05) is 37.1 Å². The number of amides is 3. The maximum Gasteiger partial charge on any atom is 0.272 e. The normalized spacial score (nSPS) is 14.6. The fourth-order valence-electron chi connectivity index (χ4n) is 5.53. The molecule has 3 amide bonds. The SMILES string of the molecule is CC1CCc2c(sc(NC(=O)C(C)Sc3ccc(NC(=O)C(=Cc4ccc(-c5ccc(Br)cc5)o4)NC(=O)c4ccccc4)cc3)c2C#N)C1. The summed E-state index contributed by atoms with van der Waals surface area (Å²) < 4.78 is 6.95. The van der Waals surface area contributed by atoms with Gasteiger partial charge >= 0.3 is 0 Å². The Hall–Kier alpha value is -4.89.